The molecule has 0 saturated carbocycles. The number of benzene rings is 12. The monoisotopic (exact) mass is 2710 g/mol. The number of aryl methyl sites for hydroxylation is 4. The minimum absolute atomic E-state index is 0. The fourth-order valence-corrected chi connectivity index (χ4v) is 22.3. The molecule has 12 nitrogen and oxygen atoms in total. The van der Waals surface area contributed by atoms with Gasteiger partial charge in [-0.2, -0.15) is 0 Å². The molecule has 0 aliphatic rings. The first-order valence-electron chi connectivity index (χ1n) is 48.4. The van der Waals surface area contributed by atoms with Crippen LogP contribution in [0.3, 0.4) is 0 Å². The summed E-state index contributed by atoms with van der Waals surface area (Å²) in [6.07, 6.45) is 11.0. The number of fused-ring (bicyclic) bond motifs is 12. The van der Waals surface area contributed by atoms with Crippen LogP contribution >= 0.6 is 0 Å². The van der Waals surface area contributed by atoms with Crippen LogP contribution in [0.5, 0.6) is 0 Å². The second-order valence-corrected chi connectivity index (χ2v) is 59.6. The zero-order chi connectivity index (χ0) is 100. The van der Waals surface area contributed by atoms with Gasteiger partial charge in [-0.3, -0.25) is 9.97 Å². The molecule has 0 aliphatic heterocycles. The van der Waals surface area contributed by atoms with Crippen LogP contribution in [0.25, 0.3) is 178 Å². The van der Waals surface area contributed by atoms with Gasteiger partial charge < -0.3 is 47.6 Å². The van der Waals surface area contributed by atoms with E-state index in [1.54, 1.807) is 12.4 Å². The van der Waals surface area contributed by atoms with Crippen molar-refractivity contribution in [2.75, 3.05) is 0 Å². The van der Waals surface area contributed by atoms with Crippen molar-refractivity contribution in [3.63, 3.8) is 0 Å². The van der Waals surface area contributed by atoms with Crippen LogP contribution in [-0.2, 0) is 80.4 Å². The number of hydrogen-bond donors (Lipinski definition) is 0. The molecule has 12 aromatic heterocycles. The number of aromatic nitrogens is 8. The van der Waals surface area contributed by atoms with Crippen molar-refractivity contribution in [1.82, 2.24) is 39.9 Å². The summed E-state index contributed by atoms with van der Waals surface area (Å²) in [5, 5.41) is 14.5. The Hall–Kier alpha value is -13.5. The van der Waals surface area contributed by atoms with Crippen molar-refractivity contribution in [3.8, 4) is 90.1 Å². The second kappa shape index (κ2) is 50.9. The van der Waals surface area contributed by atoms with Gasteiger partial charge in [0.15, 0.2) is 11.2 Å². The van der Waals surface area contributed by atoms with Gasteiger partial charge in [-0.25, -0.2) is 0 Å². The fraction of sp³-hybridized carbons (Fsp3) is 0.125. The largest absolute Gasteiger partial charge is 0.455 e. The van der Waals surface area contributed by atoms with Crippen LogP contribution in [0, 0.1) is 76.2 Å². The molecule has 0 bridgehead atoms. The minimum Gasteiger partial charge on any atom is -0.455 e. The number of pyridine rings is 8. The summed E-state index contributed by atoms with van der Waals surface area (Å²) in [5.41, 5.74) is 27.7. The zero-order valence-corrected chi connectivity index (χ0v) is 99.1. The molecule has 4 radical (unpaired) electrons. The van der Waals surface area contributed by atoms with E-state index in [1.807, 2.05) is 257 Å². The summed E-state index contributed by atoms with van der Waals surface area (Å²) in [5.74, 6) is 0. The van der Waals surface area contributed by atoms with Crippen molar-refractivity contribution >= 4 is 141 Å². The van der Waals surface area contributed by atoms with Crippen LogP contribution in [0.1, 0.15) is 22.3 Å². The molecule has 748 valence electrons. The van der Waals surface area contributed by atoms with Gasteiger partial charge in [-0.1, -0.05) is 249 Å². The van der Waals surface area contributed by atoms with Crippen LogP contribution < -0.4 is 20.7 Å². The molecular formula is C128H112Ir4N8O4Si4-8. The number of furan rings is 4. The number of para-hydroxylation sites is 4. The third kappa shape index (κ3) is 28.1. The molecule has 0 fully saturated rings. The molecule has 24 rings (SSSR count). The first-order valence-corrected chi connectivity index (χ1v) is 62.4. The van der Waals surface area contributed by atoms with E-state index in [2.05, 4.69) is 299 Å². The van der Waals surface area contributed by atoms with Crippen molar-refractivity contribution < 1.29 is 98.1 Å². The SMILES string of the molecule is C[Si](C)(C)c1[c-]c(-c2cc3c(cn2)oc2ccccc23)ccc1.C[Si](C)(C)c1c(-c2[c-]cccc2)ncc2oc3ccccc3c12.C[Si](C)(C)c1cc[c-]c(-c2ccc3c(n2)oc2ccccc23)c1.C[Si](C)(C)c1ccc[c-]c1-c1ccc2c(n1)oc1ccccc12.Cc1c[c-]c(-c2ccc(C)cn2)cc1.Cc1c[c-]c(-c2ccc(C)cn2)cc1.[Ir].[Ir].[Ir].[Ir].[c-]1ccccc1-c1ccccn1.[c-]1ccccc1-c1ccccn1. The van der Waals surface area contributed by atoms with E-state index in [-0.39, 0.29) is 80.4 Å². The van der Waals surface area contributed by atoms with E-state index in [1.165, 1.54) is 53.8 Å². The predicted octanol–water partition coefficient (Wildman–Crippen LogP) is 31.4. The quantitative estimate of drug-likeness (QED) is 0.0844. The van der Waals surface area contributed by atoms with E-state index in [0.29, 0.717) is 11.4 Å². The molecule has 0 amide bonds. The van der Waals surface area contributed by atoms with Crippen LogP contribution in [0.15, 0.2) is 407 Å². The summed E-state index contributed by atoms with van der Waals surface area (Å²) >= 11 is 0. The minimum atomic E-state index is -1.65. The molecule has 148 heavy (non-hydrogen) atoms. The Morgan fingerprint density at radius 2 is 0.669 bits per heavy atom. The molecule has 0 atom stereocenters. The van der Waals surface area contributed by atoms with Crippen LogP contribution in [-0.4, -0.2) is 72.2 Å². The van der Waals surface area contributed by atoms with Gasteiger partial charge >= 0.3 is 0 Å². The third-order valence-electron chi connectivity index (χ3n) is 24.2. The van der Waals surface area contributed by atoms with E-state index < -0.39 is 32.3 Å². The molecule has 12 heterocycles. The van der Waals surface area contributed by atoms with E-state index in [4.69, 9.17) is 32.6 Å². The first kappa shape index (κ1) is 112. The maximum atomic E-state index is 6.03. The average molecular weight is 2710 g/mol. The predicted molar refractivity (Wildman–Crippen MR) is 608 cm³/mol. The summed E-state index contributed by atoms with van der Waals surface area (Å²) in [4.78, 5) is 36.0. The van der Waals surface area contributed by atoms with Gasteiger partial charge in [0.1, 0.15) is 22.3 Å². The van der Waals surface area contributed by atoms with Crippen molar-refractivity contribution in [3.05, 3.63) is 460 Å². The van der Waals surface area contributed by atoms with Crippen molar-refractivity contribution in [1.29, 1.82) is 0 Å². The molecular weight excluding hydrogens is 2590 g/mol. The number of rotatable bonds is 12. The molecule has 24 aromatic rings. The normalized spacial score (nSPS) is 11.0. The van der Waals surface area contributed by atoms with Gasteiger partial charge in [-0.15, -0.1) is 284 Å². The van der Waals surface area contributed by atoms with Crippen LogP contribution in [0.2, 0.25) is 78.6 Å². The van der Waals surface area contributed by atoms with Gasteiger partial charge in [0, 0.05) is 156 Å². The maximum Gasteiger partial charge on any atom is 0.218 e. The number of hydrogen-bond acceptors (Lipinski definition) is 12. The first-order chi connectivity index (χ1) is 69.6. The van der Waals surface area contributed by atoms with Crippen molar-refractivity contribution in [2.24, 2.45) is 0 Å². The topological polar surface area (TPSA) is 156 Å². The van der Waals surface area contributed by atoms with E-state index in [0.717, 1.165) is 156 Å². The van der Waals surface area contributed by atoms with E-state index in [9.17, 15) is 0 Å². The fourth-order valence-electron chi connectivity index (χ4n) is 16.6. The summed E-state index contributed by atoms with van der Waals surface area (Å²) in [6, 6.07) is 144. The number of nitrogens with zero attached hydrogens (tertiary/aromatic N) is 8. The Bertz CT molecular complexity index is 8120. The van der Waals surface area contributed by atoms with Gasteiger partial charge in [0.05, 0.1) is 36.6 Å². The molecule has 12 aromatic carbocycles. The van der Waals surface area contributed by atoms with E-state index >= 15 is 0 Å². The Morgan fingerprint density at radius 1 is 0.243 bits per heavy atom. The van der Waals surface area contributed by atoms with Gasteiger partial charge in [-0.05, 0) is 107 Å². The molecule has 0 aliphatic carbocycles. The Morgan fingerprint density at radius 3 is 1.15 bits per heavy atom. The van der Waals surface area contributed by atoms with Gasteiger partial charge in [0.25, 0.3) is 0 Å². The second-order valence-electron chi connectivity index (χ2n) is 39.5. The van der Waals surface area contributed by atoms with Gasteiger partial charge in [0.2, 0.25) is 11.4 Å². The zero-order valence-electron chi connectivity index (χ0n) is 85.5. The van der Waals surface area contributed by atoms with Crippen molar-refractivity contribution in [2.45, 2.75) is 106 Å². The smallest absolute Gasteiger partial charge is 0.218 e. The molecule has 0 spiro atoms. The summed E-state index contributed by atoms with van der Waals surface area (Å²) in [7, 11) is -5.84. The molecule has 0 N–H and O–H groups in total. The average Bonchev–Trinajstić information content (AvgIpc) is 1.58. The Kier molecular flexibility index (Phi) is 38.4. The van der Waals surface area contributed by atoms with Crippen LogP contribution in [0.4, 0.5) is 0 Å². The molecule has 20 heteroatoms. The Labute approximate surface area is 926 Å². The standard InChI is InChI=1S/4C20H18NOSi.2C13H12N.2C11H8N.4Ir/c1-23(2,3)19-11-7-5-9-16(19)17-13-12-15-14-8-4-6-10-18(14)22-20(15)21-17;1-23(2,3)15-8-6-7-14(11-15)18-12-17-16-9-4-5-10-19(16)22-20(17)13-21-18;1-23(2,3)15-8-6-7-14(13-15)18-12-11-17-16-9-4-5-10-19(16)22-20(17)21-18;1-23(2,3)20-18-15-11-7-8-12-16(15)22-17(18)13-21-19(20)14-9-5-4-6-10-14;2*1-10-3-6-12(7-4-10)13-8-5-11(2)9-14-13;2*1-2-6-10(7-3-1)11-8-4-5-9-12-11;;;;/h4-8,10-13H,1-3H3;4-10,12-13H,1-3H3;4-6,8-13H,1-3H3;4-9,11-13H,1-3H3;2*3-6,8-9H,1-2H3;2*1-6,8-9H;;;;/q8*-1;;;;. The molecule has 0 saturated heterocycles. The Balaban J connectivity index is 0.000000143. The maximum absolute atomic E-state index is 6.03. The molecule has 0 unspecified atom stereocenters. The summed E-state index contributed by atoms with van der Waals surface area (Å²) in [6.45, 7) is 36.4. The third-order valence-corrected chi connectivity index (χ3v) is 32.2. The summed E-state index contributed by atoms with van der Waals surface area (Å²) < 4.78 is 23.7.